The lowest BCUT2D eigenvalue weighted by molar-refractivity contribution is -0.167. The highest BCUT2D eigenvalue weighted by atomic mass is 16.6. The maximum atomic E-state index is 12.9. The molecule has 0 saturated heterocycles. The molecule has 0 fully saturated rings. The van der Waals surface area contributed by atoms with Crippen molar-refractivity contribution in [1.29, 1.82) is 0 Å². The van der Waals surface area contributed by atoms with E-state index in [-0.39, 0.29) is 31.1 Å². The van der Waals surface area contributed by atoms with Crippen LogP contribution in [0.5, 0.6) is 0 Å². The third kappa shape index (κ3) is 69.0. The van der Waals surface area contributed by atoms with Crippen LogP contribution < -0.4 is 0 Å². The van der Waals surface area contributed by atoms with E-state index in [0.717, 1.165) is 109 Å². The number of allylic oxidation sites excluding steroid dienone is 16. The van der Waals surface area contributed by atoms with Gasteiger partial charge in [0, 0.05) is 19.3 Å². The second kappa shape index (κ2) is 70.8. The van der Waals surface area contributed by atoms with Crippen LogP contribution in [-0.2, 0) is 28.6 Å². The Balaban J connectivity index is 4.31. The third-order valence-electron chi connectivity index (χ3n) is 15.5. The smallest absolute Gasteiger partial charge is 0.306 e. The molecule has 478 valence electrons. The molecule has 6 heteroatoms. The highest BCUT2D eigenvalue weighted by molar-refractivity contribution is 5.71. The van der Waals surface area contributed by atoms with Crippen LogP contribution in [-0.4, -0.2) is 37.2 Å². The lowest BCUT2D eigenvalue weighted by Gasteiger charge is -2.18. The lowest BCUT2D eigenvalue weighted by Crippen LogP contribution is -2.30. The van der Waals surface area contributed by atoms with E-state index in [0.29, 0.717) is 19.3 Å². The fourth-order valence-corrected chi connectivity index (χ4v) is 10.2. The van der Waals surface area contributed by atoms with Gasteiger partial charge in [-0.1, -0.05) is 311 Å². The molecule has 0 radical (unpaired) electrons. The highest BCUT2D eigenvalue weighted by Gasteiger charge is 2.19. The predicted octanol–water partition coefficient (Wildman–Crippen LogP) is 24.8. The molecule has 6 nitrogen and oxygen atoms in total. The summed E-state index contributed by atoms with van der Waals surface area (Å²) in [4.78, 5) is 38.4. The average Bonchev–Trinajstić information content (AvgIpc) is 3.49. The molecule has 0 spiro atoms. The van der Waals surface area contributed by atoms with Gasteiger partial charge < -0.3 is 14.2 Å². The van der Waals surface area contributed by atoms with E-state index < -0.39 is 6.10 Å². The van der Waals surface area contributed by atoms with E-state index in [1.807, 2.05) is 0 Å². The first-order valence-electron chi connectivity index (χ1n) is 35.7. The molecule has 0 bridgehead atoms. The van der Waals surface area contributed by atoms with Gasteiger partial charge in [-0.05, 0) is 122 Å². The average molecular weight is 1160 g/mol. The molecule has 0 aromatic carbocycles. The van der Waals surface area contributed by atoms with Crippen molar-refractivity contribution in [2.45, 2.75) is 361 Å². The molecule has 0 N–H and O–H groups in total. The Bertz CT molecular complexity index is 1610. The van der Waals surface area contributed by atoms with E-state index >= 15 is 0 Å². The molecule has 0 aliphatic rings. The summed E-state index contributed by atoms with van der Waals surface area (Å²) in [7, 11) is 0. The zero-order chi connectivity index (χ0) is 59.9. The summed E-state index contributed by atoms with van der Waals surface area (Å²) < 4.78 is 16.9. The van der Waals surface area contributed by atoms with Gasteiger partial charge in [0.15, 0.2) is 6.10 Å². The molecule has 1 unspecified atom stereocenters. The zero-order valence-corrected chi connectivity index (χ0v) is 54.9. The van der Waals surface area contributed by atoms with Crippen molar-refractivity contribution in [1.82, 2.24) is 0 Å². The number of esters is 3. The van der Waals surface area contributed by atoms with Crippen molar-refractivity contribution in [3.8, 4) is 0 Å². The van der Waals surface area contributed by atoms with Crippen LogP contribution in [0.4, 0.5) is 0 Å². The van der Waals surface area contributed by atoms with E-state index in [1.54, 1.807) is 0 Å². The normalized spacial score (nSPS) is 12.7. The Labute approximate surface area is 515 Å². The molecule has 83 heavy (non-hydrogen) atoms. The molecule has 0 aromatic heterocycles. The van der Waals surface area contributed by atoms with Crippen LogP contribution in [0.15, 0.2) is 97.2 Å². The Morgan fingerprint density at radius 1 is 0.253 bits per heavy atom. The summed E-state index contributed by atoms with van der Waals surface area (Å²) in [6.07, 6.45) is 95.9. The van der Waals surface area contributed by atoms with E-state index in [9.17, 15) is 14.4 Å². The van der Waals surface area contributed by atoms with Gasteiger partial charge >= 0.3 is 17.9 Å². The van der Waals surface area contributed by atoms with E-state index in [2.05, 4.69) is 118 Å². The quantitative estimate of drug-likeness (QED) is 0.0261. The van der Waals surface area contributed by atoms with Crippen LogP contribution in [0, 0.1) is 0 Å². The summed E-state index contributed by atoms with van der Waals surface area (Å²) in [6, 6.07) is 0. The summed E-state index contributed by atoms with van der Waals surface area (Å²) >= 11 is 0. The van der Waals surface area contributed by atoms with Gasteiger partial charge in [0.25, 0.3) is 0 Å². The second-order valence-corrected chi connectivity index (χ2v) is 23.8. The highest BCUT2D eigenvalue weighted by Crippen LogP contribution is 2.17. The molecule has 0 amide bonds. The SMILES string of the molecule is CC/C=C\C/C=C\C/C=C\C/C=C\CCCCC(=O)OCC(COC(=O)CCCCCCCCCCCCCCCCCCC/C=C\CCCCCCCCCC)OC(=O)CCCCCCCC/C=C\C/C=C\C/C=C\CCCCCCC. The molecular formula is C77H134O6. The molecule has 0 rings (SSSR count). The van der Waals surface area contributed by atoms with Crippen LogP contribution in [0.3, 0.4) is 0 Å². The molecule has 0 aliphatic carbocycles. The lowest BCUT2D eigenvalue weighted by atomic mass is 10.0. The van der Waals surface area contributed by atoms with Crippen molar-refractivity contribution in [2.24, 2.45) is 0 Å². The maximum Gasteiger partial charge on any atom is 0.306 e. The third-order valence-corrected chi connectivity index (χ3v) is 15.5. The first-order chi connectivity index (χ1) is 41.0. The number of rotatable bonds is 65. The molecular weight excluding hydrogens is 1020 g/mol. The van der Waals surface area contributed by atoms with E-state index in [4.69, 9.17) is 14.2 Å². The van der Waals surface area contributed by atoms with Crippen molar-refractivity contribution in [3.05, 3.63) is 97.2 Å². The van der Waals surface area contributed by atoms with Gasteiger partial charge in [-0.3, -0.25) is 14.4 Å². The molecule has 1 atom stereocenters. The molecule has 0 aromatic rings. The number of carbonyl (C=O) groups is 3. The summed E-state index contributed by atoms with van der Waals surface area (Å²) in [5.41, 5.74) is 0. The minimum Gasteiger partial charge on any atom is -0.462 e. The summed E-state index contributed by atoms with van der Waals surface area (Å²) in [5, 5.41) is 0. The number of carbonyl (C=O) groups excluding carboxylic acids is 3. The van der Waals surface area contributed by atoms with Gasteiger partial charge in [-0.15, -0.1) is 0 Å². The summed E-state index contributed by atoms with van der Waals surface area (Å²) in [5.74, 6) is -0.936. The van der Waals surface area contributed by atoms with Crippen molar-refractivity contribution < 1.29 is 28.6 Å². The monoisotopic (exact) mass is 1160 g/mol. The maximum absolute atomic E-state index is 12.9. The Hall–Kier alpha value is -3.67. The number of hydrogen-bond donors (Lipinski definition) is 0. The van der Waals surface area contributed by atoms with Crippen LogP contribution in [0.25, 0.3) is 0 Å². The van der Waals surface area contributed by atoms with Crippen LogP contribution in [0.1, 0.15) is 355 Å². The largest absolute Gasteiger partial charge is 0.462 e. The topological polar surface area (TPSA) is 78.9 Å². The van der Waals surface area contributed by atoms with Gasteiger partial charge in [-0.2, -0.15) is 0 Å². The molecule has 0 saturated carbocycles. The van der Waals surface area contributed by atoms with Crippen molar-refractivity contribution >= 4 is 17.9 Å². The number of unbranched alkanes of at least 4 members (excludes halogenated alkanes) is 38. The minimum absolute atomic E-state index is 0.0944. The van der Waals surface area contributed by atoms with Crippen molar-refractivity contribution in [3.63, 3.8) is 0 Å². The zero-order valence-electron chi connectivity index (χ0n) is 54.9. The fraction of sp³-hybridized carbons (Fsp3) is 0.753. The fourth-order valence-electron chi connectivity index (χ4n) is 10.2. The Morgan fingerprint density at radius 3 is 0.771 bits per heavy atom. The number of ether oxygens (including phenoxy) is 3. The van der Waals surface area contributed by atoms with Crippen molar-refractivity contribution in [2.75, 3.05) is 13.2 Å². The van der Waals surface area contributed by atoms with Crippen LogP contribution >= 0.6 is 0 Å². The van der Waals surface area contributed by atoms with E-state index in [1.165, 1.54) is 205 Å². The first kappa shape index (κ1) is 79.3. The number of hydrogen-bond acceptors (Lipinski definition) is 6. The molecule has 0 heterocycles. The minimum atomic E-state index is -0.804. The van der Waals surface area contributed by atoms with Gasteiger partial charge in [0.05, 0.1) is 0 Å². The first-order valence-corrected chi connectivity index (χ1v) is 35.7. The van der Waals surface area contributed by atoms with Gasteiger partial charge in [0.1, 0.15) is 13.2 Å². The van der Waals surface area contributed by atoms with Crippen LogP contribution in [0.2, 0.25) is 0 Å². The Kier molecular flexibility index (Phi) is 67.7. The standard InChI is InChI=1S/C77H134O6/c1-4-7-10-13-16-19-22-25-28-30-32-34-35-36-37-38-39-40-41-43-44-46-49-52-55-58-61-64-67-70-76(79)82-73-74(72-81-75(78)69-66-63-60-57-54-51-48-27-24-21-18-15-12-9-6-3)83-77(80)71-68-65-62-59-56-53-50-47-45-42-33-31-29-26-23-20-17-14-11-8-5-2/h9,12,18,21,23,26-27,30-33,45,47-48,54,57,74H,4-8,10-11,13-17,19-20,22,24-25,28-29,34-44,46,49-53,55-56,58-73H2,1-3H3/b12-9-,21-18-,26-23-,32-30-,33-31-,47-45-,48-27-,57-54-. The summed E-state index contributed by atoms with van der Waals surface area (Å²) in [6.45, 7) is 6.51. The van der Waals surface area contributed by atoms with Gasteiger partial charge in [0.2, 0.25) is 0 Å². The second-order valence-electron chi connectivity index (χ2n) is 23.8. The molecule has 0 aliphatic heterocycles. The van der Waals surface area contributed by atoms with Gasteiger partial charge in [-0.25, -0.2) is 0 Å². The Morgan fingerprint density at radius 2 is 0.470 bits per heavy atom. The predicted molar refractivity (Wildman–Crippen MR) is 362 cm³/mol.